The maximum atomic E-state index is 12.5. The van der Waals surface area contributed by atoms with E-state index in [4.69, 9.17) is 0 Å². The zero-order chi connectivity index (χ0) is 10.7. The number of methoxy groups -OCH3 is 1. The first-order chi connectivity index (χ1) is 6.56. The van der Waals surface area contributed by atoms with Gasteiger partial charge in [0.1, 0.15) is 0 Å². The van der Waals surface area contributed by atoms with E-state index in [0.29, 0.717) is 3.57 Å². The minimum absolute atomic E-state index is 0.331. The highest BCUT2D eigenvalue weighted by Gasteiger charge is 2.20. The Kier molecular flexibility index (Phi) is 3.73. The molecular formula is C8H6F2INO2. The summed E-state index contributed by atoms with van der Waals surface area (Å²) in [6.07, 6.45) is -1.40. The normalized spacial score (nSPS) is 10.4. The maximum absolute atomic E-state index is 12.5. The van der Waals surface area contributed by atoms with E-state index in [-0.39, 0.29) is 5.69 Å². The van der Waals surface area contributed by atoms with E-state index in [9.17, 15) is 13.6 Å². The highest BCUT2D eigenvalue weighted by Crippen LogP contribution is 2.23. The van der Waals surface area contributed by atoms with Crippen LogP contribution in [0.1, 0.15) is 22.5 Å². The van der Waals surface area contributed by atoms with Gasteiger partial charge in [0.2, 0.25) is 0 Å². The SMILES string of the molecule is COC(=O)c1ncc(I)cc1C(F)F. The van der Waals surface area contributed by atoms with Gasteiger partial charge in [-0.15, -0.1) is 0 Å². The number of rotatable bonds is 2. The third-order valence-corrected chi connectivity index (χ3v) is 2.09. The molecule has 0 radical (unpaired) electrons. The number of pyridine rings is 1. The lowest BCUT2D eigenvalue weighted by atomic mass is 10.2. The average Bonchev–Trinajstić information content (AvgIpc) is 2.16. The van der Waals surface area contributed by atoms with Crippen LogP contribution in [-0.4, -0.2) is 18.1 Å². The van der Waals surface area contributed by atoms with Gasteiger partial charge in [-0.2, -0.15) is 0 Å². The Hall–Kier alpha value is -0.790. The summed E-state index contributed by atoms with van der Waals surface area (Å²) in [4.78, 5) is 14.6. The smallest absolute Gasteiger partial charge is 0.357 e. The molecule has 0 saturated heterocycles. The predicted molar refractivity (Wildman–Crippen MR) is 53.3 cm³/mol. The lowest BCUT2D eigenvalue weighted by Crippen LogP contribution is -2.09. The molecule has 1 aromatic rings. The fourth-order valence-corrected chi connectivity index (χ4v) is 1.36. The van der Waals surface area contributed by atoms with Crippen LogP contribution in [0.15, 0.2) is 12.3 Å². The number of halogens is 3. The van der Waals surface area contributed by atoms with Crippen molar-refractivity contribution in [2.45, 2.75) is 6.43 Å². The highest BCUT2D eigenvalue weighted by molar-refractivity contribution is 14.1. The fourth-order valence-electron chi connectivity index (χ4n) is 0.889. The van der Waals surface area contributed by atoms with E-state index in [2.05, 4.69) is 9.72 Å². The number of ether oxygens (including phenoxy) is 1. The van der Waals surface area contributed by atoms with Crippen LogP contribution in [0.5, 0.6) is 0 Å². The molecule has 1 aromatic heterocycles. The molecule has 3 nitrogen and oxygen atoms in total. The molecule has 6 heteroatoms. The molecule has 0 bridgehead atoms. The maximum Gasteiger partial charge on any atom is 0.357 e. The molecule has 14 heavy (non-hydrogen) atoms. The van der Waals surface area contributed by atoms with Crippen LogP contribution in [0.4, 0.5) is 8.78 Å². The molecule has 0 N–H and O–H groups in total. The van der Waals surface area contributed by atoms with Crippen molar-refractivity contribution in [1.82, 2.24) is 4.98 Å². The molecule has 0 saturated carbocycles. The summed E-state index contributed by atoms with van der Waals surface area (Å²) in [5, 5.41) is 0. The molecule has 0 unspecified atom stereocenters. The Morgan fingerprint density at radius 1 is 1.64 bits per heavy atom. The Balaban J connectivity index is 3.21. The monoisotopic (exact) mass is 313 g/mol. The first-order valence-electron chi connectivity index (χ1n) is 3.58. The van der Waals surface area contributed by atoms with E-state index in [1.165, 1.54) is 12.3 Å². The number of esters is 1. The Morgan fingerprint density at radius 3 is 2.79 bits per heavy atom. The molecule has 0 aliphatic heterocycles. The fraction of sp³-hybridized carbons (Fsp3) is 0.250. The molecule has 0 aromatic carbocycles. The minimum atomic E-state index is -2.73. The second kappa shape index (κ2) is 4.63. The molecule has 0 aliphatic carbocycles. The molecule has 0 fully saturated rings. The van der Waals surface area contributed by atoms with Crippen LogP contribution in [0.3, 0.4) is 0 Å². The molecular weight excluding hydrogens is 307 g/mol. The van der Waals surface area contributed by atoms with Gasteiger partial charge in [0.15, 0.2) is 5.69 Å². The second-order valence-corrected chi connectivity index (χ2v) is 3.63. The molecule has 1 rings (SSSR count). The molecule has 0 aliphatic rings. The summed E-state index contributed by atoms with van der Waals surface area (Å²) in [6.45, 7) is 0. The van der Waals surface area contributed by atoms with Gasteiger partial charge in [-0.25, -0.2) is 18.6 Å². The van der Waals surface area contributed by atoms with E-state index < -0.39 is 18.0 Å². The number of hydrogen-bond acceptors (Lipinski definition) is 3. The van der Waals surface area contributed by atoms with Gasteiger partial charge in [-0.3, -0.25) is 0 Å². The summed E-state index contributed by atoms with van der Waals surface area (Å²) in [7, 11) is 1.12. The lowest BCUT2D eigenvalue weighted by Gasteiger charge is -2.05. The van der Waals surface area contributed by atoms with Crippen LogP contribution < -0.4 is 0 Å². The summed E-state index contributed by atoms with van der Waals surface area (Å²) in [5.74, 6) is -0.850. The molecule has 0 atom stereocenters. The summed E-state index contributed by atoms with van der Waals surface area (Å²) in [5.41, 5.74) is -0.730. The summed E-state index contributed by atoms with van der Waals surface area (Å²) in [6, 6.07) is 1.21. The Labute approximate surface area is 92.6 Å². The average molecular weight is 313 g/mol. The van der Waals surface area contributed by atoms with Gasteiger partial charge < -0.3 is 4.74 Å². The number of aromatic nitrogens is 1. The number of alkyl halides is 2. The number of hydrogen-bond donors (Lipinski definition) is 0. The van der Waals surface area contributed by atoms with Crippen molar-refractivity contribution in [3.05, 3.63) is 27.1 Å². The van der Waals surface area contributed by atoms with Gasteiger partial charge in [0.25, 0.3) is 6.43 Å². The number of carbonyl (C=O) groups excluding carboxylic acids is 1. The summed E-state index contributed by atoms with van der Waals surface area (Å²) >= 11 is 1.84. The Bertz CT molecular complexity index is 357. The second-order valence-electron chi connectivity index (χ2n) is 2.38. The summed E-state index contributed by atoms with van der Waals surface area (Å²) < 4.78 is 29.8. The van der Waals surface area contributed by atoms with Crippen LogP contribution in [0.25, 0.3) is 0 Å². The largest absolute Gasteiger partial charge is 0.464 e. The van der Waals surface area contributed by atoms with E-state index in [1.807, 2.05) is 22.6 Å². The Morgan fingerprint density at radius 2 is 2.29 bits per heavy atom. The third kappa shape index (κ3) is 2.37. The quantitative estimate of drug-likeness (QED) is 0.622. The van der Waals surface area contributed by atoms with Crippen LogP contribution in [0.2, 0.25) is 0 Å². The highest BCUT2D eigenvalue weighted by atomic mass is 127. The molecule has 0 amide bonds. The van der Waals surface area contributed by atoms with Gasteiger partial charge in [0, 0.05) is 9.77 Å². The molecule has 1 heterocycles. The van der Waals surface area contributed by atoms with Gasteiger partial charge >= 0.3 is 5.97 Å². The number of carbonyl (C=O) groups is 1. The first-order valence-corrected chi connectivity index (χ1v) is 4.66. The predicted octanol–water partition coefficient (Wildman–Crippen LogP) is 2.41. The van der Waals surface area contributed by atoms with Crippen molar-refractivity contribution < 1.29 is 18.3 Å². The number of nitrogens with zero attached hydrogens (tertiary/aromatic N) is 1. The van der Waals surface area contributed by atoms with E-state index in [0.717, 1.165) is 7.11 Å². The van der Waals surface area contributed by atoms with E-state index >= 15 is 0 Å². The minimum Gasteiger partial charge on any atom is -0.464 e. The van der Waals surface area contributed by atoms with Gasteiger partial charge in [-0.1, -0.05) is 0 Å². The zero-order valence-corrected chi connectivity index (χ0v) is 9.29. The standard InChI is InChI=1S/C8H6F2INO2/c1-14-8(13)6-5(7(9)10)2-4(11)3-12-6/h2-3,7H,1H3. The van der Waals surface area contributed by atoms with Crippen molar-refractivity contribution in [1.29, 1.82) is 0 Å². The van der Waals surface area contributed by atoms with Crippen LogP contribution in [0, 0.1) is 3.57 Å². The van der Waals surface area contributed by atoms with Gasteiger partial charge in [0.05, 0.1) is 12.7 Å². The van der Waals surface area contributed by atoms with Crippen LogP contribution >= 0.6 is 22.6 Å². The van der Waals surface area contributed by atoms with E-state index in [1.54, 1.807) is 0 Å². The molecule has 76 valence electrons. The lowest BCUT2D eigenvalue weighted by molar-refractivity contribution is 0.0581. The van der Waals surface area contributed by atoms with Crippen molar-refractivity contribution in [2.24, 2.45) is 0 Å². The first kappa shape index (κ1) is 11.3. The van der Waals surface area contributed by atoms with Gasteiger partial charge in [-0.05, 0) is 28.7 Å². The van der Waals surface area contributed by atoms with Crippen molar-refractivity contribution >= 4 is 28.6 Å². The van der Waals surface area contributed by atoms with Crippen molar-refractivity contribution in [3.63, 3.8) is 0 Å². The van der Waals surface area contributed by atoms with Crippen LogP contribution in [-0.2, 0) is 4.74 Å². The van der Waals surface area contributed by atoms with Crippen molar-refractivity contribution in [2.75, 3.05) is 7.11 Å². The zero-order valence-electron chi connectivity index (χ0n) is 7.13. The van der Waals surface area contributed by atoms with Crippen molar-refractivity contribution in [3.8, 4) is 0 Å². The molecule has 0 spiro atoms. The third-order valence-electron chi connectivity index (χ3n) is 1.50. The topological polar surface area (TPSA) is 39.2 Å².